The first-order chi connectivity index (χ1) is 20.2. The summed E-state index contributed by atoms with van der Waals surface area (Å²) in [5, 5.41) is 7.43. The van der Waals surface area contributed by atoms with Crippen LogP contribution in [0.2, 0.25) is 0 Å². The molecule has 4 amide bonds. The number of nitrogens with zero attached hydrogens (tertiary/aromatic N) is 2. The van der Waals surface area contributed by atoms with Crippen molar-refractivity contribution in [2.75, 3.05) is 9.80 Å². The van der Waals surface area contributed by atoms with E-state index in [9.17, 15) is 19.2 Å². The van der Waals surface area contributed by atoms with Crippen molar-refractivity contribution in [1.29, 1.82) is 0 Å². The first-order valence-corrected chi connectivity index (χ1v) is 16.6. The highest BCUT2D eigenvalue weighted by Gasteiger charge is 2.55. The molecule has 0 radical (unpaired) electrons. The lowest BCUT2D eigenvalue weighted by atomic mass is 9.53. The standard InChI is InChI=1S/C34H42N4O4/c39-29-11-27(35-33-13-19-5-20(14-33)7-21(6-19)15-33)31(41)37(29)25-1-2-26(4-3-25)38-30(40)12-28(32(38)42)36-34-16-22-8-23(17-34)10-24(9-22)18-34/h1-4,19-24,27-28,35-36H,5-18H2. The minimum absolute atomic E-state index is 0.00640. The summed E-state index contributed by atoms with van der Waals surface area (Å²) in [4.78, 5) is 55.9. The van der Waals surface area contributed by atoms with Gasteiger partial charge in [0.2, 0.25) is 11.8 Å². The third kappa shape index (κ3) is 4.00. The maximum absolute atomic E-state index is 13.5. The lowest BCUT2D eigenvalue weighted by Gasteiger charge is -2.57. The summed E-state index contributed by atoms with van der Waals surface area (Å²) in [7, 11) is 0. The van der Waals surface area contributed by atoms with Crippen molar-refractivity contribution in [2.24, 2.45) is 35.5 Å². The molecule has 10 fully saturated rings. The van der Waals surface area contributed by atoms with Gasteiger partial charge in [0.05, 0.1) is 36.3 Å². The van der Waals surface area contributed by atoms with Crippen molar-refractivity contribution in [3.05, 3.63) is 24.3 Å². The van der Waals surface area contributed by atoms with E-state index in [1.54, 1.807) is 24.3 Å². The van der Waals surface area contributed by atoms with Gasteiger partial charge in [-0.25, -0.2) is 9.80 Å². The molecule has 2 heterocycles. The van der Waals surface area contributed by atoms with E-state index in [-0.39, 0.29) is 47.5 Å². The van der Waals surface area contributed by atoms with E-state index in [0.29, 0.717) is 11.4 Å². The molecule has 42 heavy (non-hydrogen) atoms. The maximum Gasteiger partial charge on any atom is 0.251 e. The molecule has 1 aromatic rings. The zero-order valence-corrected chi connectivity index (χ0v) is 24.4. The fraction of sp³-hybridized carbons (Fsp3) is 0.706. The molecule has 1 aromatic carbocycles. The molecule has 2 N–H and O–H groups in total. The van der Waals surface area contributed by atoms with Crippen LogP contribution in [0.25, 0.3) is 0 Å². The fourth-order valence-electron chi connectivity index (χ4n) is 12.1. The first kappa shape index (κ1) is 25.9. The van der Waals surface area contributed by atoms with Crippen LogP contribution in [0.1, 0.15) is 89.9 Å². The van der Waals surface area contributed by atoms with E-state index in [1.165, 1.54) is 48.3 Å². The molecule has 8 nitrogen and oxygen atoms in total. The van der Waals surface area contributed by atoms with Crippen LogP contribution in [0.3, 0.4) is 0 Å². The molecule has 8 aliphatic carbocycles. The number of hydrogen-bond donors (Lipinski definition) is 2. The number of rotatable bonds is 6. The van der Waals surface area contributed by atoms with Gasteiger partial charge in [-0.3, -0.25) is 29.8 Å². The molecule has 8 saturated carbocycles. The second-order valence-corrected chi connectivity index (χ2v) is 15.8. The molecule has 11 rings (SSSR count). The number of carbonyl (C=O) groups excluding carboxylic acids is 4. The van der Waals surface area contributed by atoms with E-state index in [1.807, 2.05) is 0 Å². The topological polar surface area (TPSA) is 98.8 Å². The van der Waals surface area contributed by atoms with E-state index < -0.39 is 12.1 Å². The number of amides is 4. The zero-order valence-electron chi connectivity index (χ0n) is 24.4. The SMILES string of the molecule is O=C1CC(NC23CC4CC(CC(C4)C2)C3)C(=O)N1c1ccc(N2C(=O)CC(NC34CC5CC(CC(C5)C3)C4)C2=O)cc1. The number of carbonyl (C=O) groups is 4. The number of hydrogen-bond acceptors (Lipinski definition) is 6. The van der Waals surface area contributed by atoms with Gasteiger partial charge in [-0.15, -0.1) is 0 Å². The zero-order chi connectivity index (χ0) is 28.4. The Labute approximate surface area is 247 Å². The number of benzene rings is 1. The maximum atomic E-state index is 13.5. The number of nitrogens with one attached hydrogen (secondary N) is 2. The second-order valence-electron chi connectivity index (χ2n) is 15.8. The predicted molar refractivity (Wildman–Crippen MR) is 156 cm³/mol. The van der Waals surface area contributed by atoms with Crippen LogP contribution in [-0.2, 0) is 19.2 Å². The van der Waals surface area contributed by atoms with Gasteiger partial charge in [-0.1, -0.05) is 0 Å². The second kappa shape index (κ2) is 8.98. The fourth-order valence-corrected chi connectivity index (χ4v) is 12.1. The van der Waals surface area contributed by atoms with Crippen molar-refractivity contribution < 1.29 is 19.2 Å². The molecule has 2 unspecified atom stereocenters. The minimum Gasteiger partial charge on any atom is -0.300 e. The van der Waals surface area contributed by atoms with E-state index in [0.717, 1.165) is 74.0 Å². The molecule has 0 spiro atoms. The monoisotopic (exact) mass is 570 g/mol. The molecule has 222 valence electrons. The van der Waals surface area contributed by atoms with Crippen LogP contribution >= 0.6 is 0 Å². The highest BCUT2D eigenvalue weighted by molar-refractivity contribution is 6.24. The van der Waals surface area contributed by atoms with Crippen LogP contribution in [-0.4, -0.2) is 46.8 Å². The Balaban J connectivity index is 0.886. The Morgan fingerprint density at radius 2 is 0.786 bits per heavy atom. The van der Waals surface area contributed by atoms with E-state index in [4.69, 9.17) is 0 Å². The Hall–Kier alpha value is -2.58. The van der Waals surface area contributed by atoms with Crippen molar-refractivity contribution >= 4 is 35.0 Å². The molecule has 8 bridgehead atoms. The Morgan fingerprint density at radius 3 is 1.07 bits per heavy atom. The molecular weight excluding hydrogens is 528 g/mol. The largest absolute Gasteiger partial charge is 0.300 e. The van der Waals surface area contributed by atoms with Gasteiger partial charge in [0, 0.05) is 11.1 Å². The summed E-state index contributed by atoms with van der Waals surface area (Å²) in [6.07, 6.45) is 15.1. The quantitative estimate of drug-likeness (QED) is 0.501. The Bertz CT molecular complexity index is 1200. The molecule has 0 aromatic heterocycles. The Kier molecular flexibility index (Phi) is 5.53. The van der Waals surface area contributed by atoms with E-state index >= 15 is 0 Å². The summed E-state index contributed by atoms with van der Waals surface area (Å²) in [6, 6.07) is 5.87. The van der Waals surface area contributed by atoms with Gasteiger partial charge in [-0.05, 0) is 137 Å². The van der Waals surface area contributed by atoms with Crippen molar-refractivity contribution in [1.82, 2.24) is 10.6 Å². The van der Waals surface area contributed by atoms with Crippen LogP contribution < -0.4 is 20.4 Å². The number of imide groups is 2. The van der Waals surface area contributed by atoms with Crippen molar-refractivity contribution in [2.45, 2.75) is 113 Å². The van der Waals surface area contributed by atoms with E-state index in [2.05, 4.69) is 10.6 Å². The Morgan fingerprint density at radius 1 is 0.500 bits per heavy atom. The number of anilines is 2. The molecule has 2 aliphatic heterocycles. The summed E-state index contributed by atoms with van der Waals surface area (Å²) < 4.78 is 0. The molecule has 8 heteroatoms. The third-order valence-electron chi connectivity index (χ3n) is 12.7. The average molecular weight is 571 g/mol. The average Bonchev–Trinajstić information content (AvgIpc) is 3.34. The summed E-state index contributed by atoms with van der Waals surface area (Å²) in [5.74, 6) is 3.82. The van der Waals surface area contributed by atoms with Crippen LogP contribution in [0.4, 0.5) is 11.4 Å². The smallest absolute Gasteiger partial charge is 0.251 e. The van der Waals surface area contributed by atoms with Gasteiger partial charge >= 0.3 is 0 Å². The first-order valence-electron chi connectivity index (χ1n) is 16.6. The van der Waals surface area contributed by atoms with Gasteiger partial charge in [0.1, 0.15) is 0 Å². The molecule has 2 atom stereocenters. The van der Waals surface area contributed by atoms with Gasteiger partial charge in [0.25, 0.3) is 11.8 Å². The van der Waals surface area contributed by atoms with Crippen LogP contribution in [0.5, 0.6) is 0 Å². The predicted octanol–water partition coefficient (Wildman–Crippen LogP) is 4.07. The lowest BCUT2D eigenvalue weighted by Crippen LogP contribution is -2.61. The highest BCUT2D eigenvalue weighted by Crippen LogP contribution is 2.57. The van der Waals surface area contributed by atoms with Gasteiger partial charge < -0.3 is 0 Å². The van der Waals surface area contributed by atoms with Gasteiger partial charge in [-0.2, -0.15) is 0 Å². The lowest BCUT2D eigenvalue weighted by molar-refractivity contribution is -0.123. The third-order valence-corrected chi connectivity index (χ3v) is 12.7. The normalized spacial score (nSPS) is 45.2. The summed E-state index contributed by atoms with van der Waals surface area (Å²) >= 11 is 0. The summed E-state index contributed by atoms with van der Waals surface area (Å²) in [5.41, 5.74) is 1.02. The molecular formula is C34H42N4O4. The highest BCUT2D eigenvalue weighted by atomic mass is 16.2. The minimum atomic E-state index is -0.480. The van der Waals surface area contributed by atoms with Crippen LogP contribution in [0.15, 0.2) is 24.3 Å². The van der Waals surface area contributed by atoms with Crippen LogP contribution in [0, 0.1) is 35.5 Å². The summed E-state index contributed by atoms with van der Waals surface area (Å²) in [6.45, 7) is 0. The van der Waals surface area contributed by atoms with Crippen molar-refractivity contribution in [3.63, 3.8) is 0 Å². The molecule has 2 saturated heterocycles. The van der Waals surface area contributed by atoms with Crippen molar-refractivity contribution in [3.8, 4) is 0 Å². The van der Waals surface area contributed by atoms with Gasteiger partial charge in [0.15, 0.2) is 0 Å². The molecule has 10 aliphatic rings.